The van der Waals surface area contributed by atoms with Gasteiger partial charge in [-0.3, -0.25) is 14.4 Å². The van der Waals surface area contributed by atoms with Crippen molar-refractivity contribution in [3.63, 3.8) is 0 Å². The molecule has 0 saturated carbocycles. The Kier molecular flexibility index (Phi) is 26.1. The molecule has 0 fully saturated rings. The molecular formula is C63H48Br5ClN4O9. The average Bonchev–Trinajstić information content (AvgIpc) is 3.44. The van der Waals surface area contributed by atoms with Crippen molar-refractivity contribution in [2.24, 2.45) is 0 Å². The fourth-order valence-corrected chi connectivity index (χ4v) is 9.44. The molecule has 0 unspecified atom stereocenters. The van der Waals surface area contributed by atoms with Crippen LogP contribution >= 0.6 is 91.3 Å². The number of esters is 1. The van der Waals surface area contributed by atoms with E-state index in [-0.39, 0.29) is 64.0 Å². The number of nitrogens with two attached hydrogens (primary N) is 1. The molecule has 8 aromatic rings. The van der Waals surface area contributed by atoms with Gasteiger partial charge in [0.1, 0.15) is 24.0 Å². The zero-order chi connectivity index (χ0) is 61.0. The predicted octanol–water partition coefficient (Wildman–Crippen LogP) is 16.5. The number of hydrogen-bond donors (Lipinski definition) is 4. The number of carboxylic acids is 1. The highest BCUT2D eigenvalue weighted by atomic mass is 79.9. The Morgan fingerprint density at radius 3 is 1.20 bits per heavy atom. The van der Waals surface area contributed by atoms with Crippen molar-refractivity contribution in [2.75, 3.05) is 5.73 Å². The zero-order valence-corrected chi connectivity index (χ0v) is 52.9. The van der Waals surface area contributed by atoms with E-state index in [2.05, 4.69) is 79.6 Å². The lowest BCUT2D eigenvalue weighted by molar-refractivity contribution is 0.0693. The third-order valence-electron chi connectivity index (χ3n) is 12.1. The molecule has 0 aliphatic heterocycles. The lowest BCUT2D eigenvalue weighted by atomic mass is 9.97. The van der Waals surface area contributed by atoms with Crippen LogP contribution in [0.1, 0.15) is 107 Å². The number of carbonyl (C=O) groups excluding carboxylic acids is 4. The number of phenols is 2. The number of ketones is 2. The van der Waals surface area contributed by atoms with Gasteiger partial charge in [0, 0.05) is 63.0 Å². The first-order chi connectivity index (χ1) is 38.9. The maximum Gasteiger partial charge on any atom is 0.343 e. The van der Waals surface area contributed by atoms with Gasteiger partial charge in [-0.2, -0.15) is 15.8 Å². The molecule has 13 nitrogen and oxygen atoms in total. The van der Waals surface area contributed by atoms with Crippen LogP contribution in [0, 0.1) is 68.6 Å². The fourth-order valence-electron chi connectivity index (χ4n) is 7.40. The van der Waals surface area contributed by atoms with E-state index < -0.39 is 17.2 Å². The van der Waals surface area contributed by atoms with Gasteiger partial charge in [0.15, 0.2) is 23.1 Å². The molecule has 416 valence electrons. The van der Waals surface area contributed by atoms with Crippen molar-refractivity contribution in [3.8, 4) is 35.5 Å². The molecule has 0 bridgehead atoms. The number of benzene rings is 8. The minimum absolute atomic E-state index is 0.00684. The highest BCUT2D eigenvalue weighted by Crippen LogP contribution is 2.31. The number of halogens is 6. The Balaban J connectivity index is 0.000000238. The topological polar surface area (TPSA) is 253 Å². The predicted molar refractivity (Wildman–Crippen MR) is 334 cm³/mol. The molecule has 0 atom stereocenters. The second-order valence-electron chi connectivity index (χ2n) is 17.4. The van der Waals surface area contributed by atoms with Crippen LogP contribution in [-0.2, 0) is 12.8 Å². The van der Waals surface area contributed by atoms with Gasteiger partial charge in [-0.05, 0) is 147 Å². The first kappa shape index (κ1) is 66.8. The van der Waals surface area contributed by atoms with Crippen LogP contribution < -0.4 is 10.5 Å². The summed E-state index contributed by atoms with van der Waals surface area (Å²) in [7, 11) is 0. The van der Waals surface area contributed by atoms with Crippen molar-refractivity contribution in [2.45, 2.75) is 47.5 Å². The van der Waals surface area contributed by atoms with E-state index in [0.717, 1.165) is 50.2 Å². The molecule has 8 aromatic carbocycles. The Bertz CT molecular complexity index is 3810. The van der Waals surface area contributed by atoms with Crippen molar-refractivity contribution in [1.82, 2.24) is 0 Å². The molecule has 5 N–H and O–H groups in total. The number of para-hydroxylation sites is 3. The van der Waals surface area contributed by atoms with Gasteiger partial charge in [-0.25, -0.2) is 9.59 Å². The van der Waals surface area contributed by atoms with E-state index in [4.69, 9.17) is 42.8 Å². The number of aromatic carboxylic acids is 1. The number of phenolic OH excluding ortho intramolecular Hbond substituents is 2. The SMILES string of the molecule is Cc1c(Br)cccc1C(=O)Cc1cccc(C#N)c1O.Cc1c(Br)cccc1C(=O)Cc1cccc(C#N)c1OC(=O)c1cccc(Br)c1C.Cc1c(Br)cccc1C(=O)Cl.Cc1c(Br)cccc1C(=O)O.N#Cc1cccc(N)c1O. The molecule has 0 heterocycles. The number of nitrogens with zero attached hydrogens (tertiary/aromatic N) is 3. The van der Waals surface area contributed by atoms with Crippen LogP contribution in [-0.4, -0.2) is 44.1 Å². The molecule has 82 heavy (non-hydrogen) atoms. The second-order valence-corrected chi connectivity index (χ2v) is 22.0. The summed E-state index contributed by atoms with van der Waals surface area (Å²) in [4.78, 5) is 59.4. The highest BCUT2D eigenvalue weighted by molar-refractivity contribution is 9.11. The van der Waals surface area contributed by atoms with E-state index in [9.17, 15) is 34.3 Å². The molecule has 0 aromatic heterocycles. The van der Waals surface area contributed by atoms with Crippen molar-refractivity contribution in [3.05, 3.63) is 251 Å². The molecule has 0 aliphatic rings. The van der Waals surface area contributed by atoms with Gasteiger partial charge in [0.05, 0.1) is 33.5 Å². The summed E-state index contributed by atoms with van der Waals surface area (Å²) in [6.45, 7) is 9.15. The van der Waals surface area contributed by atoms with E-state index in [1.807, 2.05) is 63.2 Å². The Hall–Kier alpha value is -7.73. The molecule has 0 aliphatic carbocycles. The van der Waals surface area contributed by atoms with E-state index in [1.54, 1.807) is 117 Å². The first-order valence-electron chi connectivity index (χ1n) is 24.1. The summed E-state index contributed by atoms with van der Waals surface area (Å²) in [6, 6.07) is 46.8. The molecule has 0 amide bonds. The van der Waals surface area contributed by atoms with E-state index in [1.165, 1.54) is 18.2 Å². The monoisotopic (exact) mass is 1430 g/mol. The Morgan fingerprint density at radius 1 is 0.463 bits per heavy atom. The number of carboxylic acid groups (broad SMARTS) is 1. The molecular weight excluding hydrogens is 1390 g/mol. The summed E-state index contributed by atoms with van der Waals surface area (Å²) in [5, 5.41) is 54.0. The zero-order valence-electron chi connectivity index (χ0n) is 44.2. The summed E-state index contributed by atoms with van der Waals surface area (Å²) < 4.78 is 9.87. The van der Waals surface area contributed by atoms with Crippen LogP contribution in [0.25, 0.3) is 0 Å². The third kappa shape index (κ3) is 18.1. The van der Waals surface area contributed by atoms with Gasteiger partial charge in [0.2, 0.25) is 0 Å². The number of hydrogen-bond acceptors (Lipinski definition) is 12. The molecule has 19 heteroatoms. The summed E-state index contributed by atoms with van der Waals surface area (Å²) in [5.41, 5.74) is 13.6. The van der Waals surface area contributed by atoms with Gasteiger partial charge in [-0.15, -0.1) is 0 Å². The highest BCUT2D eigenvalue weighted by Gasteiger charge is 2.22. The van der Waals surface area contributed by atoms with Crippen LogP contribution in [0.5, 0.6) is 17.2 Å². The summed E-state index contributed by atoms with van der Waals surface area (Å²) >= 11 is 22.1. The second kappa shape index (κ2) is 32.1. The largest absolute Gasteiger partial charge is 0.506 e. The normalized spacial score (nSPS) is 9.90. The van der Waals surface area contributed by atoms with Gasteiger partial charge in [-0.1, -0.05) is 152 Å². The van der Waals surface area contributed by atoms with Gasteiger partial charge >= 0.3 is 11.9 Å². The Morgan fingerprint density at radius 2 is 0.793 bits per heavy atom. The van der Waals surface area contributed by atoms with Gasteiger partial charge < -0.3 is 25.8 Å². The van der Waals surface area contributed by atoms with Crippen molar-refractivity contribution in [1.29, 1.82) is 15.8 Å². The number of Topliss-reactive ketones (excluding diaryl/α,β-unsaturated/α-hetero) is 2. The Labute approximate surface area is 521 Å². The van der Waals surface area contributed by atoms with Crippen molar-refractivity contribution >= 4 is 126 Å². The first-order valence-corrected chi connectivity index (χ1v) is 28.4. The number of nitrogen functional groups attached to an aromatic ring is 1. The number of ether oxygens (including phenoxy) is 1. The number of aromatic hydroxyl groups is 2. The summed E-state index contributed by atoms with van der Waals surface area (Å²) in [6.07, 6.45) is 0.0749. The molecule has 0 saturated heterocycles. The van der Waals surface area contributed by atoms with Crippen LogP contribution in [0.15, 0.2) is 168 Å². The number of nitriles is 3. The minimum atomic E-state index is -0.885. The fraction of sp³-hybridized carbons (Fsp3) is 0.111. The van der Waals surface area contributed by atoms with Crippen LogP contribution in [0.3, 0.4) is 0 Å². The average molecular weight is 1440 g/mol. The summed E-state index contributed by atoms with van der Waals surface area (Å²) in [5.74, 6) is -1.81. The van der Waals surface area contributed by atoms with E-state index in [0.29, 0.717) is 38.9 Å². The molecule has 8 rings (SSSR count). The molecule has 0 radical (unpaired) electrons. The van der Waals surface area contributed by atoms with Crippen LogP contribution in [0.2, 0.25) is 0 Å². The smallest absolute Gasteiger partial charge is 0.343 e. The quantitative estimate of drug-likeness (QED) is 0.0249. The number of carbonyl (C=O) groups is 5. The van der Waals surface area contributed by atoms with Crippen LogP contribution in [0.4, 0.5) is 5.69 Å². The lowest BCUT2D eigenvalue weighted by Gasteiger charge is -2.13. The number of anilines is 1. The third-order valence-corrected chi connectivity index (χ3v) is 16.6. The number of rotatable bonds is 10. The molecule has 0 spiro atoms. The van der Waals surface area contributed by atoms with Gasteiger partial charge in [0.25, 0.3) is 5.24 Å². The van der Waals surface area contributed by atoms with E-state index >= 15 is 0 Å². The maximum absolute atomic E-state index is 12.9. The standard InChI is InChI=1S/C24H17Br2NO3.C16H12BrNO2.C8H6BrClO.C8H7BrO2.C7H6N2O/c1-14-18(8-4-10-20(14)25)22(28)12-16-6-3-7-17(13-27)23(16)30-24(29)19-9-5-11-21(26)15(19)2;1-10-13(6-3-7-14(10)17)15(19)8-11-4-2-5-12(9-18)16(11)20;2*1-5-6(8(10)11)3-2-4-7(5)9;8-4-5-2-1-3-6(9)7(5)10/h3-11H,12H2,1-2H3;2-7,20H,8H2,1H3;2-4H,1H3;2-4H,1H3,(H,10,11);1-3,10H,9H2. The minimum Gasteiger partial charge on any atom is -0.506 e. The van der Waals surface area contributed by atoms with Crippen molar-refractivity contribution < 1.29 is 44.0 Å². The maximum atomic E-state index is 12.9. The lowest BCUT2D eigenvalue weighted by Crippen LogP contribution is -2.14.